The number of likely N-dealkylation sites (N-methyl/N-ethyl adjacent to an activating group) is 1. The van der Waals surface area contributed by atoms with Gasteiger partial charge >= 0.3 is 24.1 Å². The van der Waals surface area contributed by atoms with Gasteiger partial charge in [-0.3, -0.25) is 4.79 Å². The van der Waals surface area contributed by atoms with E-state index in [4.69, 9.17) is 33.5 Å². The van der Waals surface area contributed by atoms with Crippen LogP contribution < -0.4 is 9.47 Å². The Hall–Kier alpha value is -3.84. The second-order valence-corrected chi connectivity index (χ2v) is 12.5. The molecule has 0 unspecified atom stereocenters. The number of carbonyl (C=O) groups is 4. The van der Waals surface area contributed by atoms with Crippen LogP contribution in [0.3, 0.4) is 0 Å². The number of aliphatic carboxylic acids is 1. The van der Waals surface area contributed by atoms with Gasteiger partial charge in [0.1, 0.15) is 11.4 Å². The zero-order valence-corrected chi connectivity index (χ0v) is 25.0. The molecule has 43 heavy (non-hydrogen) atoms. The Balaban J connectivity index is 1.46. The average molecular weight is 604 g/mol. The molecule has 6 atom stereocenters. The van der Waals surface area contributed by atoms with E-state index in [1.165, 1.54) is 7.11 Å². The fourth-order valence-corrected chi connectivity index (χ4v) is 6.78. The van der Waals surface area contributed by atoms with Crippen molar-refractivity contribution in [2.75, 3.05) is 20.7 Å². The van der Waals surface area contributed by atoms with Gasteiger partial charge in [-0.15, -0.1) is 0 Å². The van der Waals surface area contributed by atoms with E-state index in [0.29, 0.717) is 30.9 Å². The van der Waals surface area contributed by atoms with E-state index >= 15 is 0 Å². The minimum absolute atomic E-state index is 0.0918. The number of esters is 2. The molecule has 1 aromatic carbocycles. The van der Waals surface area contributed by atoms with Gasteiger partial charge in [0.05, 0.1) is 24.5 Å². The van der Waals surface area contributed by atoms with Crippen LogP contribution in [0.5, 0.6) is 11.5 Å². The smallest absolute Gasteiger partial charge is 0.493 e. The number of carboxylic acids is 1. The number of aliphatic hydroxyl groups is 1. The van der Waals surface area contributed by atoms with Crippen LogP contribution >= 0.6 is 0 Å². The maximum atomic E-state index is 13.5. The number of carboxylic acid groups (broad SMARTS) is 1. The predicted molar refractivity (Wildman–Crippen MR) is 146 cm³/mol. The van der Waals surface area contributed by atoms with E-state index in [-0.39, 0.29) is 18.2 Å². The number of ether oxygens (including phenoxy) is 6. The van der Waals surface area contributed by atoms with E-state index in [2.05, 4.69) is 4.90 Å². The topological polar surface area (TPSA) is 167 Å². The van der Waals surface area contributed by atoms with E-state index in [1.54, 1.807) is 26.8 Å². The largest absolute Gasteiger partial charge is 0.509 e. The molecule has 1 aromatic rings. The molecule has 234 valence electrons. The summed E-state index contributed by atoms with van der Waals surface area (Å²) in [6.07, 6.45) is -3.46. The Bertz CT molecular complexity index is 1380. The van der Waals surface area contributed by atoms with Crippen molar-refractivity contribution in [2.45, 2.75) is 94.3 Å². The second kappa shape index (κ2) is 10.7. The highest BCUT2D eigenvalue weighted by Crippen LogP contribution is 2.65. The summed E-state index contributed by atoms with van der Waals surface area (Å²) >= 11 is 0. The molecule has 2 aliphatic heterocycles. The zero-order chi connectivity index (χ0) is 31.5. The molecule has 0 saturated carbocycles. The molecule has 0 radical (unpaired) electrons. The molecule has 0 aromatic heterocycles. The maximum absolute atomic E-state index is 13.5. The maximum Gasteiger partial charge on any atom is 0.509 e. The van der Waals surface area contributed by atoms with Crippen LogP contribution in [0.2, 0.25) is 0 Å². The van der Waals surface area contributed by atoms with Gasteiger partial charge in [0.2, 0.25) is 6.10 Å². The number of methoxy groups -OCH3 is 1. The lowest BCUT2D eigenvalue weighted by Crippen LogP contribution is -2.74. The highest BCUT2D eigenvalue weighted by Gasteiger charge is 2.72. The number of nitrogens with zero attached hydrogens (tertiary/aromatic N) is 1. The van der Waals surface area contributed by atoms with Crippen molar-refractivity contribution in [1.29, 1.82) is 0 Å². The SMILES string of the molecule is COc1ccc2c3c1O[C@H]1C(OC(=O)[C@H](CC(=O)O[C@@H](C)C(=O)O)OC(=O)OC(C)(C)C)=CC[C@@]4(O)[C@@H](C2)N(C)CC[C@]314. The summed E-state index contributed by atoms with van der Waals surface area (Å²) in [6.45, 7) is 6.57. The fourth-order valence-electron chi connectivity index (χ4n) is 6.78. The minimum atomic E-state index is -1.83. The van der Waals surface area contributed by atoms with E-state index in [9.17, 15) is 24.3 Å². The van der Waals surface area contributed by atoms with Crippen molar-refractivity contribution in [1.82, 2.24) is 4.90 Å². The second-order valence-electron chi connectivity index (χ2n) is 12.5. The molecule has 2 N–H and O–H groups in total. The first-order valence-corrected chi connectivity index (χ1v) is 14.1. The van der Waals surface area contributed by atoms with Gasteiger partial charge in [0.15, 0.2) is 23.7 Å². The first-order valence-electron chi connectivity index (χ1n) is 14.1. The summed E-state index contributed by atoms with van der Waals surface area (Å²) < 4.78 is 33.0. The van der Waals surface area contributed by atoms with Crippen molar-refractivity contribution in [2.24, 2.45) is 0 Å². The molecular formula is C30H37NO12. The standard InChI is InChI=1S/C30H37NO12/c1-15(25(33)34)39-21(32)14-19(41-27(36)43-28(2,3)4)26(35)40-18-9-10-30(37)20-13-16-7-8-17(38-6)23-22(16)29(30,24(18)42-23)11-12-31(20)5/h7-9,15,19-20,24,37H,10-14H2,1-6H3,(H,33,34)/t15-,19-,20+,24-,29-,30+/m0/s1. The lowest BCUT2D eigenvalue weighted by molar-refractivity contribution is -0.175. The van der Waals surface area contributed by atoms with Gasteiger partial charge in [0, 0.05) is 18.0 Å². The van der Waals surface area contributed by atoms with E-state index < -0.39 is 65.4 Å². The number of hydrogen-bond donors (Lipinski definition) is 2. The number of hydrogen-bond acceptors (Lipinski definition) is 12. The first kappa shape index (κ1) is 30.6. The van der Waals surface area contributed by atoms with Gasteiger partial charge in [-0.25, -0.2) is 14.4 Å². The average Bonchev–Trinajstić information content (AvgIpc) is 3.26. The van der Waals surface area contributed by atoms with Crippen LogP contribution in [0.25, 0.3) is 0 Å². The summed E-state index contributed by atoms with van der Waals surface area (Å²) in [5, 5.41) is 21.4. The lowest BCUT2D eigenvalue weighted by atomic mass is 9.50. The minimum Gasteiger partial charge on any atom is -0.493 e. The Morgan fingerprint density at radius 3 is 2.56 bits per heavy atom. The number of rotatable bonds is 8. The quantitative estimate of drug-likeness (QED) is 0.328. The summed E-state index contributed by atoms with van der Waals surface area (Å²) in [7, 11) is 3.49. The highest BCUT2D eigenvalue weighted by atomic mass is 16.7. The van der Waals surface area contributed by atoms with Crippen molar-refractivity contribution >= 4 is 24.1 Å². The first-order chi connectivity index (χ1) is 20.1. The lowest BCUT2D eigenvalue weighted by Gasteiger charge is -2.61. The number of carbonyl (C=O) groups excluding carboxylic acids is 3. The Morgan fingerprint density at radius 2 is 1.91 bits per heavy atom. The molecule has 1 spiro atoms. The van der Waals surface area contributed by atoms with Crippen LogP contribution in [0, 0.1) is 0 Å². The Labute approximate surface area is 248 Å². The molecule has 2 bridgehead atoms. The van der Waals surface area contributed by atoms with Gasteiger partial charge in [-0.05, 0) is 71.8 Å². The fraction of sp³-hybridized carbons (Fsp3) is 0.600. The van der Waals surface area contributed by atoms with Gasteiger partial charge in [-0.2, -0.15) is 0 Å². The molecule has 4 aliphatic rings. The van der Waals surface area contributed by atoms with Gasteiger partial charge in [0.25, 0.3) is 0 Å². The summed E-state index contributed by atoms with van der Waals surface area (Å²) in [4.78, 5) is 51.8. The Morgan fingerprint density at radius 1 is 1.19 bits per heavy atom. The third-order valence-electron chi connectivity index (χ3n) is 8.68. The molecule has 0 amide bonds. The molecule has 1 fully saturated rings. The number of benzene rings is 1. The third-order valence-corrected chi connectivity index (χ3v) is 8.68. The summed E-state index contributed by atoms with van der Waals surface area (Å²) in [6, 6.07) is 3.56. The van der Waals surface area contributed by atoms with Gasteiger partial charge < -0.3 is 43.5 Å². The molecule has 2 aliphatic carbocycles. The summed E-state index contributed by atoms with van der Waals surface area (Å²) in [5.41, 5.74) is -1.32. The van der Waals surface area contributed by atoms with Crippen LogP contribution in [-0.2, 0) is 45.2 Å². The van der Waals surface area contributed by atoms with Gasteiger partial charge in [-0.1, -0.05) is 6.07 Å². The van der Waals surface area contributed by atoms with Crippen molar-refractivity contribution in [3.8, 4) is 11.5 Å². The predicted octanol–water partition coefficient (Wildman–Crippen LogP) is 2.24. The molecule has 13 nitrogen and oxygen atoms in total. The molecule has 5 rings (SSSR count). The van der Waals surface area contributed by atoms with Crippen LogP contribution in [0.15, 0.2) is 24.0 Å². The molecule has 2 heterocycles. The monoisotopic (exact) mass is 603 g/mol. The summed E-state index contributed by atoms with van der Waals surface area (Å²) in [5.74, 6) is -2.57. The van der Waals surface area contributed by atoms with E-state index in [0.717, 1.165) is 18.1 Å². The molecular weight excluding hydrogens is 566 g/mol. The molecule has 13 heteroatoms. The third kappa shape index (κ3) is 5.07. The zero-order valence-electron chi connectivity index (χ0n) is 25.0. The number of piperidine rings is 1. The normalized spacial score (nSPS) is 28.3. The molecule has 1 saturated heterocycles. The van der Waals surface area contributed by atoms with Crippen LogP contribution in [-0.4, -0.2) is 95.4 Å². The van der Waals surface area contributed by atoms with Crippen molar-refractivity contribution in [3.63, 3.8) is 0 Å². The van der Waals surface area contributed by atoms with Crippen molar-refractivity contribution < 1.29 is 57.8 Å². The van der Waals surface area contributed by atoms with Crippen molar-refractivity contribution in [3.05, 3.63) is 35.1 Å². The highest BCUT2D eigenvalue weighted by molar-refractivity contribution is 5.85. The van der Waals surface area contributed by atoms with Crippen LogP contribution in [0.1, 0.15) is 58.1 Å². The van der Waals surface area contributed by atoms with E-state index in [1.807, 2.05) is 19.2 Å². The van der Waals surface area contributed by atoms with Crippen LogP contribution in [0.4, 0.5) is 4.79 Å². The number of likely N-dealkylation sites (tertiary alicyclic amines) is 1. The Kier molecular flexibility index (Phi) is 7.62.